The van der Waals surface area contributed by atoms with Crippen LogP contribution in [0.3, 0.4) is 0 Å². The Bertz CT molecular complexity index is 1040. The van der Waals surface area contributed by atoms with Crippen molar-refractivity contribution in [2.75, 3.05) is 5.32 Å². The highest BCUT2D eigenvalue weighted by atomic mass is 16.2. The summed E-state index contributed by atoms with van der Waals surface area (Å²) >= 11 is 0. The van der Waals surface area contributed by atoms with Crippen LogP contribution in [0.1, 0.15) is 11.6 Å². The number of H-pyrrole nitrogens is 1. The standard InChI is InChI=1S/C19H16N4O/c20-18(14-6-5-12-3-1-2-4-13(12)9-14)19(24)22-16-7-8-17-15(10-16)11-21-23-17/h1-11,18H,20H2,(H,21,23)(H,22,24). The number of fused-ring (bicyclic) bond motifs is 2. The Hall–Kier alpha value is -3.18. The van der Waals surface area contributed by atoms with Gasteiger partial charge in [-0.15, -0.1) is 0 Å². The van der Waals surface area contributed by atoms with Crippen molar-refractivity contribution in [1.82, 2.24) is 10.2 Å². The lowest BCUT2D eigenvalue weighted by Crippen LogP contribution is -2.27. The monoisotopic (exact) mass is 316 g/mol. The summed E-state index contributed by atoms with van der Waals surface area (Å²) in [4.78, 5) is 12.5. The third-order valence-corrected chi connectivity index (χ3v) is 4.12. The van der Waals surface area contributed by atoms with Gasteiger partial charge in [-0.25, -0.2) is 0 Å². The Morgan fingerprint density at radius 2 is 1.83 bits per heavy atom. The lowest BCUT2D eigenvalue weighted by atomic mass is 10.0. The van der Waals surface area contributed by atoms with E-state index >= 15 is 0 Å². The molecule has 0 spiro atoms. The molecule has 24 heavy (non-hydrogen) atoms. The number of amides is 1. The van der Waals surface area contributed by atoms with Crippen LogP contribution in [0.5, 0.6) is 0 Å². The van der Waals surface area contributed by atoms with E-state index in [9.17, 15) is 4.79 Å². The Morgan fingerprint density at radius 3 is 2.71 bits per heavy atom. The second-order valence-electron chi connectivity index (χ2n) is 5.75. The van der Waals surface area contributed by atoms with E-state index in [1.165, 1.54) is 0 Å². The number of aromatic amines is 1. The topological polar surface area (TPSA) is 83.8 Å². The van der Waals surface area contributed by atoms with E-state index in [2.05, 4.69) is 15.5 Å². The fourth-order valence-corrected chi connectivity index (χ4v) is 2.79. The van der Waals surface area contributed by atoms with Crippen molar-refractivity contribution < 1.29 is 4.79 Å². The van der Waals surface area contributed by atoms with Gasteiger partial charge in [0, 0.05) is 11.1 Å². The first-order chi connectivity index (χ1) is 11.7. The van der Waals surface area contributed by atoms with Crippen LogP contribution in [-0.4, -0.2) is 16.1 Å². The van der Waals surface area contributed by atoms with Crippen LogP contribution in [0, 0.1) is 0 Å². The summed E-state index contributed by atoms with van der Waals surface area (Å²) in [6.45, 7) is 0. The average molecular weight is 316 g/mol. The first-order valence-electron chi connectivity index (χ1n) is 7.69. The van der Waals surface area contributed by atoms with E-state index in [0.717, 1.165) is 27.2 Å². The molecule has 1 unspecified atom stereocenters. The van der Waals surface area contributed by atoms with E-state index in [-0.39, 0.29) is 5.91 Å². The van der Waals surface area contributed by atoms with Crippen molar-refractivity contribution in [3.05, 3.63) is 72.4 Å². The number of carbonyl (C=O) groups is 1. The number of hydrogen-bond acceptors (Lipinski definition) is 3. The molecule has 0 saturated carbocycles. The summed E-state index contributed by atoms with van der Waals surface area (Å²) in [6.07, 6.45) is 1.72. The smallest absolute Gasteiger partial charge is 0.245 e. The number of nitrogens with one attached hydrogen (secondary N) is 2. The fourth-order valence-electron chi connectivity index (χ4n) is 2.79. The van der Waals surface area contributed by atoms with Gasteiger partial charge in [0.05, 0.1) is 11.7 Å². The summed E-state index contributed by atoms with van der Waals surface area (Å²) in [7, 11) is 0. The van der Waals surface area contributed by atoms with Crippen LogP contribution in [0.15, 0.2) is 66.9 Å². The number of rotatable bonds is 3. The predicted octanol–water partition coefficient (Wildman–Crippen LogP) is 3.35. The van der Waals surface area contributed by atoms with Gasteiger partial charge in [-0.1, -0.05) is 36.4 Å². The zero-order valence-corrected chi connectivity index (χ0v) is 12.9. The van der Waals surface area contributed by atoms with E-state index < -0.39 is 6.04 Å². The van der Waals surface area contributed by atoms with Crippen LogP contribution in [-0.2, 0) is 4.79 Å². The number of nitrogens with zero attached hydrogens (tertiary/aromatic N) is 1. The van der Waals surface area contributed by atoms with Crippen LogP contribution >= 0.6 is 0 Å². The average Bonchev–Trinajstić information content (AvgIpc) is 3.08. The minimum Gasteiger partial charge on any atom is -0.324 e. The Morgan fingerprint density at radius 1 is 1.00 bits per heavy atom. The Kier molecular flexibility index (Phi) is 3.48. The molecule has 0 aliphatic carbocycles. The van der Waals surface area contributed by atoms with Gasteiger partial charge >= 0.3 is 0 Å². The van der Waals surface area contributed by atoms with E-state index in [1.807, 2.05) is 60.7 Å². The van der Waals surface area contributed by atoms with Crippen molar-refractivity contribution in [1.29, 1.82) is 0 Å². The Labute approximate surface area is 138 Å². The quantitative estimate of drug-likeness (QED) is 0.542. The van der Waals surface area contributed by atoms with E-state index in [4.69, 9.17) is 5.73 Å². The lowest BCUT2D eigenvalue weighted by molar-refractivity contribution is -0.117. The summed E-state index contributed by atoms with van der Waals surface area (Å²) in [5, 5.41) is 12.8. The third kappa shape index (κ3) is 2.61. The number of hydrogen-bond donors (Lipinski definition) is 3. The van der Waals surface area contributed by atoms with Crippen LogP contribution < -0.4 is 11.1 Å². The molecule has 0 aliphatic heterocycles. The number of anilines is 1. The van der Waals surface area contributed by atoms with E-state index in [1.54, 1.807) is 6.20 Å². The number of benzene rings is 3. The molecule has 0 saturated heterocycles. The van der Waals surface area contributed by atoms with Gasteiger partial charge in [0.1, 0.15) is 6.04 Å². The van der Waals surface area contributed by atoms with Gasteiger partial charge in [-0.2, -0.15) is 5.10 Å². The number of carbonyl (C=O) groups excluding carboxylic acids is 1. The summed E-state index contributed by atoms with van der Waals surface area (Å²) in [5.74, 6) is -0.242. The molecule has 1 amide bonds. The molecule has 0 fully saturated rings. The minimum absolute atomic E-state index is 0.242. The van der Waals surface area contributed by atoms with Crippen molar-refractivity contribution in [2.24, 2.45) is 5.73 Å². The van der Waals surface area contributed by atoms with Gasteiger partial charge in [0.15, 0.2) is 0 Å². The normalized spacial score (nSPS) is 12.4. The maximum atomic E-state index is 12.5. The maximum absolute atomic E-state index is 12.5. The molecule has 118 valence electrons. The molecule has 4 N–H and O–H groups in total. The van der Waals surface area contributed by atoms with Gasteiger partial charge in [-0.3, -0.25) is 9.89 Å². The summed E-state index contributed by atoms with van der Waals surface area (Å²) in [6, 6.07) is 18.7. The highest BCUT2D eigenvalue weighted by Gasteiger charge is 2.16. The van der Waals surface area contributed by atoms with Crippen LogP contribution in [0.25, 0.3) is 21.7 Å². The van der Waals surface area contributed by atoms with Crippen molar-refractivity contribution in [3.63, 3.8) is 0 Å². The molecular formula is C19H16N4O. The van der Waals surface area contributed by atoms with Crippen molar-refractivity contribution in [3.8, 4) is 0 Å². The van der Waals surface area contributed by atoms with Crippen LogP contribution in [0.2, 0.25) is 0 Å². The fraction of sp³-hybridized carbons (Fsp3) is 0.0526. The molecule has 0 radical (unpaired) electrons. The molecular weight excluding hydrogens is 300 g/mol. The molecule has 4 rings (SSSR count). The molecule has 0 bridgehead atoms. The predicted molar refractivity (Wildman–Crippen MR) is 95.6 cm³/mol. The highest BCUT2D eigenvalue weighted by molar-refractivity contribution is 5.97. The number of aromatic nitrogens is 2. The minimum atomic E-state index is -0.727. The molecule has 5 heteroatoms. The summed E-state index contributed by atoms with van der Waals surface area (Å²) < 4.78 is 0. The highest BCUT2D eigenvalue weighted by Crippen LogP contribution is 2.21. The molecule has 3 aromatic carbocycles. The van der Waals surface area contributed by atoms with Crippen molar-refractivity contribution in [2.45, 2.75) is 6.04 Å². The first kappa shape index (κ1) is 14.4. The zero-order chi connectivity index (χ0) is 16.5. The molecule has 5 nitrogen and oxygen atoms in total. The molecule has 1 atom stereocenters. The first-order valence-corrected chi connectivity index (χ1v) is 7.69. The number of nitrogens with two attached hydrogens (primary N) is 1. The molecule has 1 heterocycles. The molecule has 0 aliphatic rings. The van der Waals surface area contributed by atoms with Gasteiger partial charge < -0.3 is 11.1 Å². The van der Waals surface area contributed by atoms with Gasteiger partial charge in [-0.05, 0) is 40.6 Å². The van der Waals surface area contributed by atoms with Gasteiger partial charge in [0.2, 0.25) is 5.91 Å². The van der Waals surface area contributed by atoms with Crippen LogP contribution in [0.4, 0.5) is 5.69 Å². The SMILES string of the molecule is NC(C(=O)Nc1ccc2[nH]ncc2c1)c1ccc2ccccc2c1. The van der Waals surface area contributed by atoms with Gasteiger partial charge in [0.25, 0.3) is 0 Å². The molecule has 4 aromatic rings. The molecule has 1 aromatic heterocycles. The van der Waals surface area contributed by atoms with E-state index in [0.29, 0.717) is 5.69 Å². The zero-order valence-electron chi connectivity index (χ0n) is 12.9. The maximum Gasteiger partial charge on any atom is 0.245 e. The largest absolute Gasteiger partial charge is 0.324 e. The second-order valence-corrected chi connectivity index (χ2v) is 5.75. The lowest BCUT2D eigenvalue weighted by Gasteiger charge is -2.13. The Balaban J connectivity index is 1.57. The summed E-state index contributed by atoms with van der Waals surface area (Å²) in [5.41, 5.74) is 8.55. The third-order valence-electron chi connectivity index (χ3n) is 4.12. The second kappa shape index (κ2) is 5.79. The van der Waals surface area contributed by atoms with Crippen molar-refractivity contribution >= 4 is 33.3 Å².